The highest BCUT2D eigenvalue weighted by molar-refractivity contribution is 7.79. The number of amides is 1. The molecule has 5 N–H and O–H groups in total. The molecule has 0 fully saturated rings. The molecule has 0 bridgehead atoms. The predicted octanol–water partition coefficient (Wildman–Crippen LogP) is 6.25. The summed E-state index contributed by atoms with van der Waals surface area (Å²) in [6, 6.07) is 8.94. The molecule has 2 aromatic rings. The van der Waals surface area contributed by atoms with Gasteiger partial charge in [-0.2, -0.15) is 0 Å². The number of aryl methyl sites for hydroxylation is 1. The average Bonchev–Trinajstić information content (AvgIpc) is 3.37. The highest BCUT2D eigenvalue weighted by Gasteiger charge is 2.34. The number of hydrogen-bond acceptors (Lipinski definition) is 5. The van der Waals surface area contributed by atoms with Gasteiger partial charge in [0.25, 0.3) is 0 Å². The molecule has 8 heteroatoms. The number of anilines is 1. The van der Waals surface area contributed by atoms with Crippen LogP contribution in [0.3, 0.4) is 0 Å². The van der Waals surface area contributed by atoms with E-state index < -0.39 is 17.1 Å². The van der Waals surface area contributed by atoms with E-state index in [2.05, 4.69) is 33.0 Å². The molecule has 2 rings (SSSR count). The summed E-state index contributed by atoms with van der Waals surface area (Å²) in [7, 11) is 0. The van der Waals surface area contributed by atoms with Gasteiger partial charge in [0.2, 0.25) is 0 Å². The van der Waals surface area contributed by atoms with Crippen LogP contribution in [0, 0.1) is 11.8 Å². The zero-order valence-corrected chi connectivity index (χ0v) is 24.8. The first-order chi connectivity index (χ1) is 17.6. The number of rotatable bonds is 15. The lowest BCUT2D eigenvalue weighted by Gasteiger charge is -2.28. The highest BCUT2D eigenvalue weighted by Crippen LogP contribution is 2.35. The minimum Gasteiger partial charge on any atom is -0.511 e. The fraction of sp³-hybridized carbons (Fsp3) is 0.552. The van der Waals surface area contributed by atoms with Gasteiger partial charge in [0, 0.05) is 4.88 Å². The molecule has 1 amide bonds. The lowest BCUT2D eigenvalue weighted by Crippen LogP contribution is -2.89. The standard InChI is InChI=1S/C29H44N2O4S2/c1-7-10-21-13-14-23(25(18-21)37(34)35)31-27(20(5)6)26(29(33)30-16-15-19(3)4)28(32)22(11-8-2)24-12-9-17-36-24/h9,12-14,17-20,22,27,31-32H,7-8,10-11,15-16H2,1-6H3,(H,30,33)(H,34,35)/p+1/b28-26+. The SMILES string of the molecule is CCCc1ccc(NC(/C(C(=O)[NH2+]CCC(C)C)=C(\O)C(CCC)c2cccs2)C(C)C)c(S(=O)O)c1. The Morgan fingerprint density at radius 1 is 1.11 bits per heavy atom. The molecule has 3 atom stereocenters. The summed E-state index contributed by atoms with van der Waals surface area (Å²) < 4.78 is 22.3. The maximum atomic E-state index is 13.7. The summed E-state index contributed by atoms with van der Waals surface area (Å²) in [5.41, 5.74) is 1.84. The van der Waals surface area contributed by atoms with Crippen molar-refractivity contribution in [1.29, 1.82) is 0 Å². The molecule has 0 radical (unpaired) electrons. The van der Waals surface area contributed by atoms with Crippen LogP contribution in [-0.2, 0) is 22.3 Å². The Morgan fingerprint density at radius 3 is 2.38 bits per heavy atom. The van der Waals surface area contributed by atoms with Crippen molar-refractivity contribution in [3.05, 3.63) is 57.5 Å². The molecule has 0 spiro atoms. The number of nitrogens with two attached hydrogens (primary N) is 1. The summed E-state index contributed by atoms with van der Waals surface area (Å²) in [5.74, 6) is 0.0306. The molecular formula is C29H45N2O4S2+. The van der Waals surface area contributed by atoms with E-state index in [1.807, 2.05) is 43.5 Å². The number of allylic oxidation sites excluding steroid dienone is 1. The number of nitrogens with one attached hydrogen (secondary N) is 1. The molecule has 1 aromatic heterocycles. The number of primary amides is 1. The van der Waals surface area contributed by atoms with Crippen LogP contribution < -0.4 is 10.6 Å². The Kier molecular flexibility index (Phi) is 13.0. The monoisotopic (exact) mass is 549 g/mol. The molecule has 6 nitrogen and oxygen atoms in total. The number of benzene rings is 1. The fourth-order valence-corrected chi connectivity index (χ4v) is 5.92. The van der Waals surface area contributed by atoms with Gasteiger partial charge in [-0.1, -0.05) is 66.5 Å². The summed E-state index contributed by atoms with van der Waals surface area (Å²) in [6.45, 7) is 13.0. The normalized spacial score (nSPS) is 14.9. The van der Waals surface area contributed by atoms with Crippen molar-refractivity contribution in [3.8, 4) is 0 Å². The first-order valence-electron chi connectivity index (χ1n) is 13.4. The Bertz CT molecular complexity index is 1050. The van der Waals surface area contributed by atoms with Crippen LogP contribution in [0.15, 0.2) is 51.9 Å². The Morgan fingerprint density at radius 2 is 1.84 bits per heavy atom. The lowest BCUT2D eigenvalue weighted by atomic mass is 9.88. The summed E-state index contributed by atoms with van der Waals surface area (Å²) in [6.07, 6.45) is 4.21. The predicted molar refractivity (Wildman–Crippen MR) is 155 cm³/mol. The molecule has 1 aromatic carbocycles. The van der Waals surface area contributed by atoms with E-state index in [1.165, 1.54) is 0 Å². The van der Waals surface area contributed by atoms with Crippen molar-refractivity contribution >= 4 is 34.0 Å². The van der Waals surface area contributed by atoms with Crippen molar-refractivity contribution in [3.63, 3.8) is 0 Å². The Labute approximate surface area is 229 Å². The second-order valence-corrected chi connectivity index (χ2v) is 12.3. The van der Waals surface area contributed by atoms with Crippen LogP contribution in [-0.4, -0.2) is 32.4 Å². The van der Waals surface area contributed by atoms with E-state index in [0.717, 1.165) is 42.5 Å². The van der Waals surface area contributed by atoms with Crippen LogP contribution in [0.5, 0.6) is 0 Å². The van der Waals surface area contributed by atoms with E-state index >= 15 is 0 Å². The molecule has 1 heterocycles. The number of aliphatic hydroxyl groups excluding tert-OH is 1. The van der Waals surface area contributed by atoms with Crippen LogP contribution in [0.1, 0.15) is 83.6 Å². The van der Waals surface area contributed by atoms with Gasteiger partial charge < -0.3 is 15.0 Å². The van der Waals surface area contributed by atoms with Crippen molar-refractivity contribution < 1.29 is 24.0 Å². The van der Waals surface area contributed by atoms with E-state index in [4.69, 9.17) is 0 Å². The van der Waals surface area contributed by atoms with Gasteiger partial charge in [-0.05, 0) is 60.2 Å². The lowest BCUT2D eigenvalue weighted by molar-refractivity contribution is -0.566. The van der Waals surface area contributed by atoms with Crippen molar-refractivity contribution in [1.82, 2.24) is 0 Å². The largest absolute Gasteiger partial charge is 0.511 e. The first-order valence-corrected chi connectivity index (χ1v) is 15.4. The zero-order chi connectivity index (χ0) is 27.5. The summed E-state index contributed by atoms with van der Waals surface area (Å²) >= 11 is -0.620. The van der Waals surface area contributed by atoms with Crippen molar-refractivity contribution in [2.45, 2.75) is 90.5 Å². The number of aliphatic hydroxyl groups is 1. The maximum Gasteiger partial charge on any atom is 0.344 e. The third-order valence-electron chi connectivity index (χ3n) is 6.47. The number of thiophene rings is 1. The van der Waals surface area contributed by atoms with Gasteiger partial charge in [0.05, 0.1) is 29.1 Å². The molecular weight excluding hydrogens is 504 g/mol. The Balaban J connectivity index is 2.60. The van der Waals surface area contributed by atoms with Crippen LogP contribution in [0.25, 0.3) is 0 Å². The van der Waals surface area contributed by atoms with E-state index in [9.17, 15) is 18.7 Å². The summed E-state index contributed by atoms with van der Waals surface area (Å²) in [4.78, 5) is 15.0. The number of carbonyl (C=O) groups excluding carboxylic acids is 1. The molecule has 3 unspecified atom stereocenters. The maximum absolute atomic E-state index is 13.7. The van der Waals surface area contributed by atoms with Gasteiger partial charge in [-0.15, -0.1) is 11.3 Å². The number of carbonyl (C=O) groups is 1. The molecule has 0 aliphatic rings. The van der Waals surface area contributed by atoms with Crippen LogP contribution in [0.2, 0.25) is 0 Å². The molecule has 0 saturated carbocycles. The van der Waals surface area contributed by atoms with Crippen molar-refractivity contribution in [2.75, 3.05) is 11.9 Å². The molecule has 0 saturated heterocycles. The minimum atomic E-state index is -2.20. The quantitative estimate of drug-likeness (QED) is 0.119. The third kappa shape index (κ3) is 9.06. The molecule has 206 valence electrons. The van der Waals surface area contributed by atoms with Gasteiger partial charge in [0.15, 0.2) is 11.1 Å². The fourth-order valence-electron chi connectivity index (χ4n) is 4.49. The van der Waals surface area contributed by atoms with Gasteiger partial charge >= 0.3 is 5.91 Å². The van der Waals surface area contributed by atoms with Crippen molar-refractivity contribution in [2.24, 2.45) is 11.8 Å². The molecule has 37 heavy (non-hydrogen) atoms. The smallest absolute Gasteiger partial charge is 0.344 e. The minimum absolute atomic E-state index is 0.0690. The average molecular weight is 550 g/mol. The van der Waals surface area contributed by atoms with Gasteiger partial charge in [-0.25, -0.2) is 9.00 Å². The number of quaternary nitrogens is 1. The van der Waals surface area contributed by atoms with Gasteiger partial charge in [-0.3, -0.25) is 5.32 Å². The van der Waals surface area contributed by atoms with E-state index in [1.54, 1.807) is 22.7 Å². The molecule has 0 aliphatic carbocycles. The summed E-state index contributed by atoms with van der Waals surface area (Å²) in [5, 5.41) is 18.8. The van der Waals surface area contributed by atoms with E-state index in [0.29, 0.717) is 23.7 Å². The van der Waals surface area contributed by atoms with E-state index in [-0.39, 0.29) is 28.4 Å². The third-order valence-corrected chi connectivity index (χ3v) is 8.17. The second kappa shape index (κ2) is 15.4. The number of hydrogen-bond donors (Lipinski definition) is 4. The Hall–Kier alpha value is -2.00. The van der Waals surface area contributed by atoms with Crippen LogP contribution >= 0.6 is 11.3 Å². The second-order valence-electron chi connectivity index (χ2n) is 10.4. The van der Waals surface area contributed by atoms with Crippen LogP contribution in [0.4, 0.5) is 5.69 Å². The highest BCUT2D eigenvalue weighted by atomic mass is 32.2. The zero-order valence-electron chi connectivity index (χ0n) is 23.1. The first kappa shape index (κ1) is 31.2. The van der Waals surface area contributed by atoms with Gasteiger partial charge in [0.1, 0.15) is 11.3 Å². The topological polar surface area (TPSA) is 103 Å². The molecule has 0 aliphatic heterocycles.